The van der Waals surface area contributed by atoms with Crippen LogP contribution in [0.2, 0.25) is 0 Å². The number of aromatic nitrogens is 3. The van der Waals surface area contributed by atoms with E-state index in [2.05, 4.69) is 25.3 Å². The van der Waals surface area contributed by atoms with Crippen LogP contribution in [0.4, 0.5) is 11.5 Å². The molecule has 0 bridgehead atoms. The average molecular weight is 448 g/mol. The molecule has 0 radical (unpaired) electrons. The zero-order valence-electron chi connectivity index (χ0n) is 18.9. The molecule has 5 rings (SSSR count). The lowest BCUT2D eigenvalue weighted by Crippen LogP contribution is -2.41. The number of para-hydroxylation sites is 2. The van der Waals surface area contributed by atoms with Crippen molar-refractivity contribution in [3.8, 4) is 17.1 Å². The summed E-state index contributed by atoms with van der Waals surface area (Å²) in [6.45, 7) is 3.89. The molecular formula is C25H29N5O3. The van der Waals surface area contributed by atoms with Gasteiger partial charge >= 0.3 is 0 Å². The Morgan fingerprint density at radius 3 is 2.88 bits per heavy atom. The molecule has 2 fully saturated rings. The number of pyridine rings is 1. The summed E-state index contributed by atoms with van der Waals surface area (Å²) in [7, 11) is 0. The molecule has 0 unspecified atom stereocenters. The van der Waals surface area contributed by atoms with Gasteiger partial charge < -0.3 is 19.5 Å². The van der Waals surface area contributed by atoms with Crippen LogP contribution in [0.5, 0.6) is 5.75 Å². The number of carbonyl (C=O) groups excluding carboxylic acids is 1. The van der Waals surface area contributed by atoms with Crippen LogP contribution in [0.15, 0.2) is 47.1 Å². The second kappa shape index (κ2) is 9.60. The van der Waals surface area contributed by atoms with Crippen LogP contribution in [-0.2, 0) is 4.79 Å². The molecule has 3 heterocycles. The van der Waals surface area contributed by atoms with Gasteiger partial charge in [0.1, 0.15) is 11.6 Å². The minimum absolute atomic E-state index is 0.00355. The van der Waals surface area contributed by atoms with Crippen LogP contribution in [0.25, 0.3) is 11.4 Å². The van der Waals surface area contributed by atoms with E-state index >= 15 is 0 Å². The van der Waals surface area contributed by atoms with E-state index in [0.717, 1.165) is 49.5 Å². The lowest BCUT2D eigenvalue weighted by Gasteiger charge is -2.33. The Morgan fingerprint density at radius 1 is 1.18 bits per heavy atom. The molecule has 33 heavy (non-hydrogen) atoms. The molecule has 8 heteroatoms. The number of nitrogens with zero attached hydrogens (tertiary/aromatic N) is 4. The van der Waals surface area contributed by atoms with Gasteiger partial charge in [-0.15, -0.1) is 0 Å². The fraction of sp³-hybridized carbons (Fsp3) is 0.440. The van der Waals surface area contributed by atoms with E-state index in [4.69, 9.17) is 9.26 Å². The molecule has 1 saturated heterocycles. The molecule has 172 valence electrons. The molecule has 1 aliphatic carbocycles. The SMILES string of the molecule is CCOc1ccccc1NC(=O)[C@H]1CCCN(c2ncccc2-c2noc(C3CCC3)n2)C1. The summed E-state index contributed by atoms with van der Waals surface area (Å²) in [5.74, 6) is 2.99. The summed E-state index contributed by atoms with van der Waals surface area (Å²) in [5.41, 5.74) is 1.55. The molecule has 0 spiro atoms. The molecule has 1 aliphatic heterocycles. The molecular weight excluding hydrogens is 418 g/mol. The van der Waals surface area contributed by atoms with Crippen molar-refractivity contribution >= 4 is 17.4 Å². The molecule has 1 N–H and O–H groups in total. The van der Waals surface area contributed by atoms with Crippen LogP contribution in [0.1, 0.15) is 50.8 Å². The average Bonchev–Trinajstić information content (AvgIpc) is 3.29. The van der Waals surface area contributed by atoms with Crippen LogP contribution in [-0.4, -0.2) is 40.7 Å². The van der Waals surface area contributed by atoms with Gasteiger partial charge in [0.25, 0.3) is 0 Å². The minimum atomic E-state index is -0.154. The standard InChI is InChI=1S/C25H29N5O3/c1-2-32-21-13-4-3-12-20(21)27-24(31)18-10-7-15-30(16-18)23-19(11-6-14-26-23)22-28-25(33-29-22)17-8-5-9-17/h3-4,6,11-14,17-18H,2,5,7-10,15-16H2,1H3,(H,27,31)/t18-/m0/s1. The predicted octanol–water partition coefficient (Wildman–Crippen LogP) is 4.65. The summed E-state index contributed by atoms with van der Waals surface area (Å²) in [4.78, 5) is 24.6. The first-order valence-electron chi connectivity index (χ1n) is 11.8. The normalized spacial score (nSPS) is 18.6. The second-order valence-corrected chi connectivity index (χ2v) is 8.66. The number of anilines is 2. The Bertz CT molecular complexity index is 1110. The third kappa shape index (κ3) is 4.55. The second-order valence-electron chi connectivity index (χ2n) is 8.66. The minimum Gasteiger partial charge on any atom is -0.492 e. The fourth-order valence-electron chi connectivity index (χ4n) is 4.46. The summed E-state index contributed by atoms with van der Waals surface area (Å²) < 4.78 is 11.2. The summed E-state index contributed by atoms with van der Waals surface area (Å²) in [6.07, 6.45) is 6.93. The van der Waals surface area contributed by atoms with E-state index < -0.39 is 0 Å². The van der Waals surface area contributed by atoms with Crippen LogP contribution in [0.3, 0.4) is 0 Å². The predicted molar refractivity (Wildman–Crippen MR) is 125 cm³/mol. The highest BCUT2D eigenvalue weighted by atomic mass is 16.5. The number of rotatable bonds is 7. The molecule has 8 nitrogen and oxygen atoms in total. The first kappa shape index (κ1) is 21.4. The van der Waals surface area contributed by atoms with Crippen molar-refractivity contribution in [2.45, 2.75) is 44.9 Å². The highest BCUT2D eigenvalue weighted by molar-refractivity contribution is 5.94. The number of piperidine rings is 1. The first-order chi connectivity index (χ1) is 16.2. The molecule has 2 aliphatic rings. The van der Waals surface area contributed by atoms with Crippen molar-refractivity contribution in [1.29, 1.82) is 0 Å². The Hall–Kier alpha value is -3.42. The van der Waals surface area contributed by atoms with Gasteiger partial charge in [-0.25, -0.2) is 4.98 Å². The topological polar surface area (TPSA) is 93.4 Å². The number of hydrogen-bond donors (Lipinski definition) is 1. The molecule has 1 atom stereocenters. The van der Waals surface area contributed by atoms with E-state index in [0.29, 0.717) is 36.3 Å². The molecule has 1 aromatic carbocycles. The number of hydrogen-bond acceptors (Lipinski definition) is 7. The maximum Gasteiger partial charge on any atom is 0.230 e. The van der Waals surface area contributed by atoms with Gasteiger partial charge in [0.05, 0.1) is 23.8 Å². The van der Waals surface area contributed by atoms with E-state index in [9.17, 15) is 4.79 Å². The largest absolute Gasteiger partial charge is 0.492 e. The molecule has 3 aromatic rings. The van der Waals surface area contributed by atoms with E-state index in [-0.39, 0.29) is 11.8 Å². The third-order valence-electron chi connectivity index (χ3n) is 6.46. The van der Waals surface area contributed by atoms with Crippen molar-refractivity contribution in [1.82, 2.24) is 15.1 Å². The van der Waals surface area contributed by atoms with Crippen molar-refractivity contribution in [2.75, 3.05) is 29.9 Å². The highest BCUT2D eigenvalue weighted by Gasteiger charge is 2.30. The van der Waals surface area contributed by atoms with Crippen molar-refractivity contribution in [2.24, 2.45) is 5.92 Å². The van der Waals surface area contributed by atoms with E-state index in [1.54, 1.807) is 6.20 Å². The van der Waals surface area contributed by atoms with Crippen molar-refractivity contribution in [3.05, 3.63) is 48.5 Å². The Balaban J connectivity index is 1.32. The Morgan fingerprint density at radius 2 is 2.06 bits per heavy atom. The number of carbonyl (C=O) groups is 1. The summed E-state index contributed by atoms with van der Waals surface area (Å²) in [5, 5.41) is 7.30. The van der Waals surface area contributed by atoms with Crippen LogP contribution in [0, 0.1) is 5.92 Å². The summed E-state index contributed by atoms with van der Waals surface area (Å²) >= 11 is 0. The Labute approximate surface area is 193 Å². The smallest absolute Gasteiger partial charge is 0.230 e. The maximum absolute atomic E-state index is 13.1. The van der Waals surface area contributed by atoms with Gasteiger partial charge in [0.15, 0.2) is 0 Å². The van der Waals surface area contributed by atoms with Crippen LogP contribution >= 0.6 is 0 Å². The zero-order chi connectivity index (χ0) is 22.6. The van der Waals surface area contributed by atoms with Gasteiger partial charge in [-0.2, -0.15) is 4.98 Å². The number of nitrogens with one attached hydrogen (secondary N) is 1. The monoisotopic (exact) mass is 447 g/mol. The van der Waals surface area contributed by atoms with Gasteiger partial charge in [-0.1, -0.05) is 23.7 Å². The third-order valence-corrected chi connectivity index (χ3v) is 6.46. The first-order valence-corrected chi connectivity index (χ1v) is 11.8. The Kier molecular flexibility index (Phi) is 6.24. The van der Waals surface area contributed by atoms with Gasteiger partial charge in [-0.05, 0) is 56.9 Å². The number of ether oxygens (including phenoxy) is 1. The zero-order valence-corrected chi connectivity index (χ0v) is 18.9. The van der Waals surface area contributed by atoms with Gasteiger partial charge in [0, 0.05) is 25.2 Å². The fourth-order valence-corrected chi connectivity index (χ4v) is 4.46. The lowest BCUT2D eigenvalue weighted by atomic mass is 9.85. The summed E-state index contributed by atoms with van der Waals surface area (Å²) in [6, 6.07) is 11.4. The molecule has 2 aromatic heterocycles. The van der Waals surface area contributed by atoms with Gasteiger partial charge in [0.2, 0.25) is 17.6 Å². The van der Waals surface area contributed by atoms with Crippen LogP contribution < -0.4 is 15.0 Å². The maximum atomic E-state index is 13.1. The van der Waals surface area contributed by atoms with Crippen molar-refractivity contribution < 1.29 is 14.1 Å². The molecule has 1 saturated carbocycles. The lowest BCUT2D eigenvalue weighted by molar-refractivity contribution is -0.120. The highest BCUT2D eigenvalue weighted by Crippen LogP contribution is 2.37. The van der Waals surface area contributed by atoms with E-state index in [1.165, 1.54) is 6.42 Å². The quantitative estimate of drug-likeness (QED) is 0.563. The van der Waals surface area contributed by atoms with Gasteiger partial charge in [-0.3, -0.25) is 4.79 Å². The number of benzene rings is 1. The van der Waals surface area contributed by atoms with Crippen molar-refractivity contribution in [3.63, 3.8) is 0 Å². The molecule has 1 amide bonds. The van der Waals surface area contributed by atoms with E-state index in [1.807, 2.05) is 43.3 Å². The number of amides is 1.